The Morgan fingerprint density at radius 3 is 2.38 bits per heavy atom. The molecule has 1 N–H and O–H groups in total. The van der Waals surface area contributed by atoms with Crippen molar-refractivity contribution in [3.8, 4) is 11.5 Å². The number of benzene rings is 3. The van der Waals surface area contributed by atoms with Gasteiger partial charge in [-0.1, -0.05) is 48.5 Å². The Balaban J connectivity index is 1.56. The van der Waals surface area contributed by atoms with Crippen LogP contribution in [0.25, 0.3) is 0 Å². The summed E-state index contributed by atoms with van der Waals surface area (Å²) in [5.41, 5.74) is 2.64. The number of likely N-dealkylation sites (N-methyl/N-ethyl adjacent to an activating group) is 1. The molecule has 176 valence electrons. The number of nitrogens with one attached hydrogen (secondary N) is 1. The van der Waals surface area contributed by atoms with Gasteiger partial charge in [0.05, 0.1) is 0 Å². The minimum absolute atomic E-state index is 0.161. The predicted octanol–water partition coefficient (Wildman–Crippen LogP) is 3.87. The molecule has 0 aliphatic carbocycles. The van der Waals surface area contributed by atoms with E-state index < -0.39 is 6.04 Å². The van der Waals surface area contributed by atoms with Crippen LogP contribution in [0.15, 0.2) is 72.8 Å². The first-order valence-corrected chi connectivity index (χ1v) is 11.2. The molecule has 1 aliphatic heterocycles. The first-order chi connectivity index (χ1) is 16.5. The Bertz CT molecular complexity index is 1140. The van der Waals surface area contributed by atoms with Crippen LogP contribution in [0.5, 0.6) is 11.5 Å². The van der Waals surface area contributed by atoms with Gasteiger partial charge < -0.3 is 19.7 Å². The molecular weight excluding hydrogens is 435 g/mol. The maximum atomic E-state index is 13.5. The summed E-state index contributed by atoms with van der Waals surface area (Å²) < 4.78 is 24.2. The maximum Gasteiger partial charge on any atom is 0.242 e. The lowest BCUT2D eigenvalue weighted by Gasteiger charge is -2.31. The summed E-state index contributed by atoms with van der Waals surface area (Å²) in [6, 6.07) is 20.5. The van der Waals surface area contributed by atoms with E-state index in [2.05, 4.69) is 5.32 Å². The summed E-state index contributed by atoms with van der Waals surface area (Å²) in [6.45, 7) is 0.391. The van der Waals surface area contributed by atoms with Crippen LogP contribution in [0.3, 0.4) is 0 Å². The molecule has 7 heteroatoms. The largest absolute Gasteiger partial charge is 0.454 e. The Hall–Kier alpha value is -3.87. The lowest BCUT2D eigenvalue weighted by atomic mass is 10.0. The van der Waals surface area contributed by atoms with Crippen LogP contribution < -0.4 is 14.8 Å². The van der Waals surface area contributed by atoms with Gasteiger partial charge in [-0.2, -0.15) is 0 Å². The van der Waals surface area contributed by atoms with Gasteiger partial charge >= 0.3 is 0 Å². The molecule has 0 saturated carbocycles. The molecular formula is C27H27FN2O4. The number of aryl methyl sites for hydroxylation is 1. The van der Waals surface area contributed by atoms with Crippen molar-refractivity contribution >= 4 is 11.8 Å². The standard InChI is InChI=1S/C27H27FN2O4/c1-29-27(32)23(15-19-5-3-2-4-6-19)30(17-21-7-11-22(28)12-8-21)26(31)14-10-20-9-13-24-25(16-20)34-18-33-24/h2-9,11-13,16,23H,10,14-15,17-18H2,1H3,(H,29,32)/t23-/m1/s1. The second-order valence-corrected chi connectivity index (χ2v) is 8.16. The van der Waals surface area contributed by atoms with Crippen molar-refractivity contribution in [3.63, 3.8) is 0 Å². The number of ether oxygens (including phenoxy) is 2. The Morgan fingerprint density at radius 1 is 0.941 bits per heavy atom. The van der Waals surface area contributed by atoms with Gasteiger partial charge in [0.2, 0.25) is 18.6 Å². The van der Waals surface area contributed by atoms with Crippen LogP contribution in [-0.2, 0) is 29.0 Å². The molecule has 4 rings (SSSR count). The van der Waals surface area contributed by atoms with Gasteiger partial charge in [0, 0.05) is 26.4 Å². The molecule has 0 fully saturated rings. The van der Waals surface area contributed by atoms with Crippen molar-refractivity contribution in [2.45, 2.75) is 31.8 Å². The van der Waals surface area contributed by atoms with Crippen LogP contribution in [0.2, 0.25) is 0 Å². The van der Waals surface area contributed by atoms with E-state index >= 15 is 0 Å². The number of carbonyl (C=O) groups excluding carboxylic acids is 2. The molecule has 6 nitrogen and oxygen atoms in total. The zero-order valence-corrected chi connectivity index (χ0v) is 19.0. The lowest BCUT2D eigenvalue weighted by molar-refractivity contribution is -0.141. The fourth-order valence-corrected chi connectivity index (χ4v) is 4.00. The third kappa shape index (κ3) is 5.73. The van der Waals surface area contributed by atoms with Gasteiger partial charge in [0.25, 0.3) is 0 Å². The van der Waals surface area contributed by atoms with Crippen molar-refractivity contribution in [1.82, 2.24) is 10.2 Å². The molecule has 0 saturated heterocycles. The van der Waals surface area contributed by atoms with E-state index in [4.69, 9.17) is 9.47 Å². The average Bonchev–Trinajstić information content (AvgIpc) is 3.34. The summed E-state index contributed by atoms with van der Waals surface area (Å²) in [7, 11) is 1.56. The van der Waals surface area contributed by atoms with Crippen LogP contribution in [0.1, 0.15) is 23.1 Å². The number of amides is 2. The highest BCUT2D eigenvalue weighted by Gasteiger charge is 2.29. The van der Waals surface area contributed by atoms with Crippen molar-refractivity contribution in [2.24, 2.45) is 0 Å². The first kappa shape index (κ1) is 23.3. The predicted molar refractivity (Wildman–Crippen MR) is 126 cm³/mol. The van der Waals surface area contributed by atoms with E-state index in [-0.39, 0.29) is 37.4 Å². The fourth-order valence-electron chi connectivity index (χ4n) is 4.00. The van der Waals surface area contributed by atoms with Crippen LogP contribution in [-0.4, -0.2) is 36.6 Å². The Morgan fingerprint density at radius 2 is 1.65 bits per heavy atom. The van der Waals surface area contributed by atoms with Crippen LogP contribution in [0, 0.1) is 5.82 Å². The molecule has 3 aromatic rings. The molecule has 0 radical (unpaired) electrons. The number of carbonyl (C=O) groups is 2. The number of nitrogens with zero attached hydrogens (tertiary/aromatic N) is 1. The van der Waals surface area contributed by atoms with Crippen molar-refractivity contribution < 1.29 is 23.5 Å². The van der Waals surface area contributed by atoms with Crippen LogP contribution >= 0.6 is 0 Å². The van der Waals surface area contributed by atoms with Crippen molar-refractivity contribution in [3.05, 3.63) is 95.3 Å². The first-order valence-electron chi connectivity index (χ1n) is 11.2. The third-order valence-electron chi connectivity index (χ3n) is 5.85. The molecule has 3 aromatic carbocycles. The SMILES string of the molecule is CNC(=O)[C@@H](Cc1ccccc1)N(Cc1ccc(F)cc1)C(=O)CCc1ccc2c(c1)OCO2. The summed E-state index contributed by atoms with van der Waals surface area (Å²) in [5, 5.41) is 2.69. The molecule has 34 heavy (non-hydrogen) atoms. The zero-order valence-electron chi connectivity index (χ0n) is 19.0. The molecule has 1 heterocycles. The Labute approximate surface area is 198 Å². The fraction of sp³-hybridized carbons (Fsp3) is 0.259. The number of hydrogen-bond donors (Lipinski definition) is 1. The summed E-state index contributed by atoms with van der Waals surface area (Å²) in [4.78, 5) is 28.0. The topological polar surface area (TPSA) is 67.9 Å². The van der Waals surface area contributed by atoms with E-state index in [0.29, 0.717) is 24.3 Å². The highest BCUT2D eigenvalue weighted by molar-refractivity contribution is 5.88. The smallest absolute Gasteiger partial charge is 0.242 e. The van der Waals surface area contributed by atoms with E-state index in [9.17, 15) is 14.0 Å². The normalized spacial score (nSPS) is 12.8. The number of rotatable bonds is 9. The van der Waals surface area contributed by atoms with Gasteiger partial charge in [-0.25, -0.2) is 4.39 Å². The molecule has 0 bridgehead atoms. The van der Waals surface area contributed by atoms with E-state index in [1.165, 1.54) is 12.1 Å². The molecule has 0 spiro atoms. The van der Waals surface area contributed by atoms with Gasteiger partial charge in [0.15, 0.2) is 11.5 Å². The van der Waals surface area contributed by atoms with Crippen LogP contribution in [0.4, 0.5) is 4.39 Å². The summed E-state index contributed by atoms with van der Waals surface area (Å²) in [5.74, 6) is 0.599. The molecule has 0 aromatic heterocycles. The molecule has 1 aliphatic rings. The number of fused-ring (bicyclic) bond motifs is 1. The van der Waals surface area contributed by atoms with E-state index in [0.717, 1.165) is 16.7 Å². The summed E-state index contributed by atoms with van der Waals surface area (Å²) >= 11 is 0. The number of hydrogen-bond acceptors (Lipinski definition) is 4. The van der Waals surface area contributed by atoms with E-state index in [1.807, 2.05) is 48.5 Å². The highest BCUT2D eigenvalue weighted by atomic mass is 19.1. The molecule has 1 atom stereocenters. The van der Waals surface area contributed by atoms with Crippen molar-refractivity contribution in [1.29, 1.82) is 0 Å². The Kier molecular flexibility index (Phi) is 7.42. The highest BCUT2D eigenvalue weighted by Crippen LogP contribution is 2.32. The van der Waals surface area contributed by atoms with E-state index in [1.54, 1.807) is 24.1 Å². The quantitative estimate of drug-likeness (QED) is 0.524. The molecule has 2 amide bonds. The molecule has 0 unspecified atom stereocenters. The van der Waals surface area contributed by atoms with Gasteiger partial charge in [-0.05, 0) is 47.4 Å². The second-order valence-electron chi connectivity index (χ2n) is 8.16. The zero-order chi connectivity index (χ0) is 23.9. The van der Waals surface area contributed by atoms with Gasteiger partial charge in [-0.15, -0.1) is 0 Å². The summed E-state index contributed by atoms with van der Waals surface area (Å²) in [6.07, 6.45) is 1.07. The van der Waals surface area contributed by atoms with Gasteiger partial charge in [-0.3, -0.25) is 9.59 Å². The second kappa shape index (κ2) is 10.8. The van der Waals surface area contributed by atoms with Crippen molar-refractivity contribution in [2.75, 3.05) is 13.8 Å². The monoisotopic (exact) mass is 462 g/mol. The average molecular weight is 463 g/mol. The minimum Gasteiger partial charge on any atom is -0.454 e. The number of halogens is 1. The maximum absolute atomic E-state index is 13.5. The lowest BCUT2D eigenvalue weighted by Crippen LogP contribution is -2.49. The minimum atomic E-state index is -0.707. The third-order valence-corrected chi connectivity index (χ3v) is 5.85. The van der Waals surface area contributed by atoms with Gasteiger partial charge in [0.1, 0.15) is 11.9 Å².